The fourth-order valence-corrected chi connectivity index (χ4v) is 5.51. The van der Waals surface area contributed by atoms with Crippen molar-refractivity contribution in [3.05, 3.63) is 22.4 Å². The minimum Gasteiger partial charge on any atom is -0.379 e. The van der Waals surface area contributed by atoms with E-state index in [2.05, 4.69) is 5.32 Å². The first-order chi connectivity index (χ1) is 11.4. The zero-order valence-electron chi connectivity index (χ0n) is 14.0. The van der Waals surface area contributed by atoms with Crippen molar-refractivity contribution in [2.45, 2.75) is 31.4 Å². The highest BCUT2D eigenvalue weighted by Crippen LogP contribution is 2.38. The van der Waals surface area contributed by atoms with Crippen LogP contribution in [0.15, 0.2) is 17.5 Å². The van der Waals surface area contributed by atoms with Crippen LogP contribution < -0.4 is 5.32 Å². The number of nitrogens with one attached hydrogen (secondary N) is 1. The fraction of sp³-hybridized carbons (Fsp3) is 0.688. The third-order valence-electron chi connectivity index (χ3n) is 5.12. The van der Waals surface area contributed by atoms with Gasteiger partial charge in [0.05, 0.1) is 24.8 Å². The van der Waals surface area contributed by atoms with Crippen molar-refractivity contribution in [2.24, 2.45) is 11.8 Å². The summed E-state index contributed by atoms with van der Waals surface area (Å²) >= 11 is 1.57. The molecule has 0 radical (unpaired) electrons. The topological polar surface area (TPSA) is 75.7 Å². The maximum Gasteiger partial charge on any atom is 0.225 e. The molecule has 4 atom stereocenters. The molecular formula is C16H24N2O4S2. The zero-order valence-corrected chi connectivity index (χ0v) is 15.6. The van der Waals surface area contributed by atoms with Crippen molar-refractivity contribution in [3.63, 3.8) is 0 Å². The molecule has 134 valence electrons. The molecule has 1 saturated heterocycles. The lowest BCUT2D eigenvalue weighted by Gasteiger charge is -2.37. The number of hydrogen-bond acceptors (Lipinski definition) is 5. The monoisotopic (exact) mass is 372 g/mol. The number of sulfonamides is 1. The summed E-state index contributed by atoms with van der Waals surface area (Å²) in [7, 11) is -1.49. The molecular weight excluding hydrogens is 348 g/mol. The molecule has 3 rings (SSSR count). The maximum absolute atomic E-state index is 12.3. The summed E-state index contributed by atoms with van der Waals surface area (Å²) in [6, 6.07) is 3.84. The van der Waals surface area contributed by atoms with Crippen LogP contribution in [0.4, 0.5) is 0 Å². The molecule has 1 aliphatic carbocycles. The van der Waals surface area contributed by atoms with Crippen LogP contribution in [0.3, 0.4) is 0 Å². The van der Waals surface area contributed by atoms with Crippen LogP contribution in [0.5, 0.6) is 0 Å². The summed E-state index contributed by atoms with van der Waals surface area (Å²) in [5.74, 6) is 0.606. The average Bonchev–Trinajstić information content (AvgIpc) is 3.14. The Kier molecular flexibility index (Phi) is 5.29. The normalized spacial score (nSPS) is 30.9. The summed E-state index contributed by atoms with van der Waals surface area (Å²) in [5.41, 5.74) is 0. The van der Waals surface area contributed by atoms with E-state index >= 15 is 0 Å². The van der Waals surface area contributed by atoms with Gasteiger partial charge < -0.3 is 10.1 Å². The quantitative estimate of drug-likeness (QED) is 0.840. The molecule has 1 aliphatic heterocycles. The van der Waals surface area contributed by atoms with Gasteiger partial charge in [0.25, 0.3) is 0 Å². The number of rotatable bonds is 5. The highest BCUT2D eigenvalue weighted by atomic mass is 32.2. The Morgan fingerprint density at radius 1 is 1.38 bits per heavy atom. The maximum atomic E-state index is 12.3. The first kappa shape index (κ1) is 17.8. The number of ether oxygens (including phenoxy) is 1. The highest BCUT2D eigenvalue weighted by Gasteiger charge is 2.44. The number of carbonyl (C=O) groups is 1. The Morgan fingerprint density at radius 2 is 2.08 bits per heavy atom. The molecule has 24 heavy (non-hydrogen) atoms. The number of hydrogen-bond donors (Lipinski definition) is 1. The van der Waals surface area contributed by atoms with Gasteiger partial charge in [-0.25, -0.2) is 12.7 Å². The van der Waals surface area contributed by atoms with Crippen LogP contribution in [0.25, 0.3) is 0 Å². The first-order valence-electron chi connectivity index (χ1n) is 8.16. The molecule has 0 bridgehead atoms. The molecule has 1 aromatic heterocycles. The van der Waals surface area contributed by atoms with E-state index in [1.54, 1.807) is 22.8 Å². The van der Waals surface area contributed by atoms with Gasteiger partial charge in [-0.2, -0.15) is 0 Å². The smallest absolute Gasteiger partial charge is 0.225 e. The Morgan fingerprint density at radius 3 is 2.67 bits per heavy atom. The van der Waals surface area contributed by atoms with E-state index in [0.717, 1.165) is 17.7 Å². The first-order valence-corrected chi connectivity index (χ1v) is 10.9. The van der Waals surface area contributed by atoms with E-state index in [9.17, 15) is 13.2 Å². The summed E-state index contributed by atoms with van der Waals surface area (Å²) < 4.78 is 30.7. The lowest BCUT2D eigenvalue weighted by Crippen LogP contribution is -2.50. The average molecular weight is 373 g/mol. The predicted molar refractivity (Wildman–Crippen MR) is 93.4 cm³/mol. The molecule has 2 aliphatic rings. The fourth-order valence-electron chi connectivity index (χ4n) is 3.88. The number of thiophene rings is 1. The molecule has 0 aromatic carbocycles. The molecule has 1 N–H and O–H groups in total. The summed E-state index contributed by atoms with van der Waals surface area (Å²) in [5, 5.41) is 5.06. The van der Waals surface area contributed by atoms with Crippen molar-refractivity contribution >= 4 is 27.3 Å². The van der Waals surface area contributed by atoms with Crippen LogP contribution in [-0.4, -0.2) is 57.2 Å². The molecule has 8 heteroatoms. The van der Waals surface area contributed by atoms with Crippen molar-refractivity contribution in [2.75, 3.05) is 26.5 Å². The van der Waals surface area contributed by atoms with Crippen LogP contribution in [0.2, 0.25) is 0 Å². The van der Waals surface area contributed by atoms with Crippen LogP contribution in [-0.2, 0) is 26.0 Å². The van der Waals surface area contributed by atoms with Gasteiger partial charge in [0.1, 0.15) is 0 Å². The van der Waals surface area contributed by atoms with E-state index < -0.39 is 10.0 Å². The standard InChI is InChI=1S/C16H24N2O4S2/c1-22-15-7-12-10-18(24(2,20)21)9-11(12)6-14(15)17-16(19)8-13-4-3-5-23-13/h3-5,11-12,14-15H,6-10H2,1-2H3,(H,17,19)/t11-,12+,14-,15-/m0/s1. The van der Waals surface area contributed by atoms with Gasteiger partial charge in [0, 0.05) is 25.1 Å². The molecule has 1 saturated carbocycles. The van der Waals surface area contributed by atoms with E-state index in [1.165, 1.54) is 6.26 Å². The molecule has 0 spiro atoms. The van der Waals surface area contributed by atoms with Gasteiger partial charge in [0.2, 0.25) is 15.9 Å². The Balaban J connectivity index is 1.63. The molecule has 2 heterocycles. The summed E-state index contributed by atoms with van der Waals surface area (Å²) in [6.07, 6.45) is 3.15. The largest absolute Gasteiger partial charge is 0.379 e. The number of amides is 1. The molecule has 1 aromatic rings. The van der Waals surface area contributed by atoms with Gasteiger partial charge >= 0.3 is 0 Å². The molecule has 1 amide bonds. The van der Waals surface area contributed by atoms with Crippen LogP contribution in [0, 0.1) is 11.8 Å². The van der Waals surface area contributed by atoms with Crippen LogP contribution in [0.1, 0.15) is 17.7 Å². The van der Waals surface area contributed by atoms with Crippen molar-refractivity contribution in [3.8, 4) is 0 Å². The zero-order chi connectivity index (χ0) is 17.3. The number of methoxy groups -OCH3 is 1. The van der Waals surface area contributed by atoms with Crippen molar-refractivity contribution < 1.29 is 17.9 Å². The summed E-state index contributed by atoms with van der Waals surface area (Å²) in [4.78, 5) is 13.3. The Hall–Kier alpha value is -0.960. The number of fused-ring (bicyclic) bond motifs is 1. The minimum atomic E-state index is -3.15. The SMILES string of the molecule is CO[C@H]1C[C@@H]2CN(S(C)(=O)=O)C[C@@H]2C[C@@H]1NC(=O)Cc1cccs1. The second kappa shape index (κ2) is 7.11. The van der Waals surface area contributed by atoms with E-state index in [-0.39, 0.29) is 24.0 Å². The van der Waals surface area contributed by atoms with E-state index in [1.807, 2.05) is 17.5 Å². The van der Waals surface area contributed by atoms with Gasteiger partial charge in [-0.1, -0.05) is 6.07 Å². The lowest BCUT2D eigenvalue weighted by atomic mass is 9.77. The van der Waals surface area contributed by atoms with Gasteiger partial charge in [-0.15, -0.1) is 11.3 Å². The third kappa shape index (κ3) is 3.99. The van der Waals surface area contributed by atoms with Crippen molar-refractivity contribution in [1.82, 2.24) is 9.62 Å². The Labute approximate surface area is 147 Å². The lowest BCUT2D eigenvalue weighted by molar-refractivity contribution is -0.123. The minimum absolute atomic E-state index is 0.000848. The van der Waals surface area contributed by atoms with Gasteiger partial charge in [-0.3, -0.25) is 4.79 Å². The second-order valence-corrected chi connectivity index (χ2v) is 9.79. The Bertz CT molecular complexity index is 674. The molecule has 6 nitrogen and oxygen atoms in total. The second-order valence-electron chi connectivity index (χ2n) is 6.78. The van der Waals surface area contributed by atoms with E-state index in [0.29, 0.717) is 25.4 Å². The number of nitrogens with zero attached hydrogens (tertiary/aromatic N) is 1. The molecule has 2 fully saturated rings. The third-order valence-corrected chi connectivity index (χ3v) is 7.23. The van der Waals surface area contributed by atoms with Gasteiger partial charge in [0.15, 0.2) is 0 Å². The van der Waals surface area contributed by atoms with Crippen molar-refractivity contribution in [1.29, 1.82) is 0 Å². The van der Waals surface area contributed by atoms with E-state index in [4.69, 9.17) is 4.74 Å². The summed E-state index contributed by atoms with van der Waals surface area (Å²) in [6.45, 7) is 1.12. The highest BCUT2D eigenvalue weighted by molar-refractivity contribution is 7.88. The van der Waals surface area contributed by atoms with Crippen LogP contribution >= 0.6 is 11.3 Å². The van der Waals surface area contributed by atoms with Gasteiger partial charge in [-0.05, 0) is 36.1 Å². The number of carbonyl (C=O) groups excluding carboxylic acids is 1. The predicted octanol–water partition coefficient (Wildman–Crippen LogP) is 1.09. The molecule has 0 unspecified atom stereocenters.